The molecule has 0 aliphatic carbocycles. The fourth-order valence-electron chi connectivity index (χ4n) is 3.24. The molecule has 160 valence electrons. The summed E-state index contributed by atoms with van der Waals surface area (Å²) in [5.41, 5.74) is 2.28. The first-order valence-corrected chi connectivity index (χ1v) is 10.3. The Kier molecular flexibility index (Phi) is 6.87. The Balaban J connectivity index is 1.72. The summed E-state index contributed by atoms with van der Waals surface area (Å²) in [4.78, 5) is 20.4. The Labute approximate surface area is 182 Å². The number of rotatable bonds is 6. The molecule has 1 aliphatic heterocycles. The maximum Gasteiger partial charge on any atom is 0.318 e. The van der Waals surface area contributed by atoms with Crippen LogP contribution in [-0.4, -0.2) is 41.9 Å². The number of benzene rings is 2. The maximum absolute atomic E-state index is 13.0. The van der Waals surface area contributed by atoms with Gasteiger partial charge in [0, 0.05) is 29.1 Å². The molecule has 1 unspecified atom stereocenters. The highest BCUT2D eigenvalue weighted by molar-refractivity contribution is 6.34. The Bertz CT molecular complexity index is 924. The Morgan fingerprint density at radius 2 is 2.03 bits per heavy atom. The normalized spacial score (nSPS) is 15.9. The van der Waals surface area contributed by atoms with Gasteiger partial charge in [-0.05, 0) is 44.5 Å². The first-order chi connectivity index (χ1) is 14.2. The van der Waals surface area contributed by atoms with Gasteiger partial charge in [-0.15, -0.1) is 0 Å². The van der Waals surface area contributed by atoms with E-state index in [9.17, 15) is 4.79 Å². The molecule has 1 N–H and O–H groups in total. The molecule has 3 rings (SSSR count). The molecule has 6 nitrogen and oxygen atoms in total. The lowest BCUT2D eigenvalue weighted by Gasteiger charge is -2.29. The lowest BCUT2D eigenvalue weighted by Crippen LogP contribution is -2.50. The summed E-state index contributed by atoms with van der Waals surface area (Å²) in [7, 11) is 1.63. The molecule has 0 bridgehead atoms. The molecule has 0 fully saturated rings. The third-order valence-corrected chi connectivity index (χ3v) is 4.95. The molecular formula is C23H28ClN3O3. The summed E-state index contributed by atoms with van der Waals surface area (Å²) >= 11 is 6.29. The third kappa shape index (κ3) is 5.89. The first kappa shape index (κ1) is 22.0. The molecule has 30 heavy (non-hydrogen) atoms. The lowest BCUT2D eigenvalue weighted by molar-refractivity contribution is 0.0580. The average molecular weight is 430 g/mol. The minimum atomic E-state index is -0.348. The fourth-order valence-corrected chi connectivity index (χ4v) is 3.48. The van der Waals surface area contributed by atoms with Crippen LogP contribution in [0.5, 0.6) is 5.75 Å². The molecule has 0 saturated carbocycles. The van der Waals surface area contributed by atoms with Gasteiger partial charge in [0.15, 0.2) is 6.10 Å². The van der Waals surface area contributed by atoms with Crippen molar-refractivity contribution in [3.63, 3.8) is 0 Å². The van der Waals surface area contributed by atoms with Crippen molar-refractivity contribution in [2.45, 2.75) is 45.4 Å². The van der Waals surface area contributed by atoms with Crippen LogP contribution in [0.25, 0.3) is 0 Å². The number of oxime groups is 1. The van der Waals surface area contributed by atoms with Crippen LogP contribution in [0.2, 0.25) is 5.02 Å². The number of ether oxygens (including phenoxy) is 1. The summed E-state index contributed by atoms with van der Waals surface area (Å²) in [6, 6.07) is 15.1. The van der Waals surface area contributed by atoms with Gasteiger partial charge in [0.25, 0.3) is 0 Å². The standard InChI is InChI=1S/C23H28ClN3O3/c1-23(2,3)25-22(28)27(14-16-8-7-9-17(12-16)29-4)15-18-13-21(26-30-18)19-10-5-6-11-20(19)24/h5-12,18H,13-15H2,1-4H3,(H,25,28). The molecule has 2 aromatic rings. The molecular weight excluding hydrogens is 402 g/mol. The van der Waals surface area contributed by atoms with E-state index in [0.29, 0.717) is 24.5 Å². The van der Waals surface area contributed by atoms with Gasteiger partial charge in [0.05, 0.1) is 19.4 Å². The van der Waals surface area contributed by atoms with Crippen molar-refractivity contribution in [3.8, 4) is 5.75 Å². The number of hydrogen-bond acceptors (Lipinski definition) is 4. The second-order valence-electron chi connectivity index (χ2n) is 8.36. The molecule has 2 amide bonds. The highest BCUT2D eigenvalue weighted by Gasteiger charge is 2.29. The van der Waals surface area contributed by atoms with Gasteiger partial charge in [0.1, 0.15) is 5.75 Å². The number of hydrogen-bond donors (Lipinski definition) is 1. The lowest BCUT2D eigenvalue weighted by atomic mass is 10.0. The molecule has 2 aromatic carbocycles. The highest BCUT2D eigenvalue weighted by atomic mass is 35.5. The molecule has 0 radical (unpaired) electrons. The van der Waals surface area contributed by atoms with Crippen LogP contribution in [0.15, 0.2) is 53.7 Å². The molecule has 1 heterocycles. The zero-order valence-corrected chi connectivity index (χ0v) is 18.6. The van der Waals surface area contributed by atoms with Gasteiger partial charge in [-0.3, -0.25) is 0 Å². The summed E-state index contributed by atoms with van der Waals surface area (Å²) in [5, 5.41) is 7.90. The average Bonchev–Trinajstić information content (AvgIpc) is 3.15. The fraction of sp³-hybridized carbons (Fsp3) is 0.391. The second-order valence-corrected chi connectivity index (χ2v) is 8.77. The summed E-state index contributed by atoms with van der Waals surface area (Å²) in [6.45, 7) is 6.70. The van der Waals surface area contributed by atoms with Crippen molar-refractivity contribution >= 4 is 23.3 Å². The number of urea groups is 1. The van der Waals surface area contributed by atoms with Crippen LogP contribution < -0.4 is 10.1 Å². The molecule has 0 saturated heterocycles. The minimum absolute atomic E-state index is 0.153. The van der Waals surface area contributed by atoms with E-state index in [0.717, 1.165) is 22.6 Å². The number of nitrogens with zero attached hydrogens (tertiary/aromatic N) is 2. The number of methoxy groups -OCH3 is 1. The molecule has 1 aliphatic rings. The van der Waals surface area contributed by atoms with Gasteiger partial charge in [-0.25, -0.2) is 4.79 Å². The van der Waals surface area contributed by atoms with Crippen LogP contribution in [0.3, 0.4) is 0 Å². The summed E-state index contributed by atoms with van der Waals surface area (Å²) < 4.78 is 5.31. The summed E-state index contributed by atoms with van der Waals surface area (Å²) in [6.07, 6.45) is 0.342. The number of carbonyl (C=O) groups is 1. The molecule has 0 spiro atoms. The quantitative estimate of drug-likeness (QED) is 0.713. The van der Waals surface area contributed by atoms with Crippen LogP contribution in [0.1, 0.15) is 38.3 Å². The van der Waals surface area contributed by atoms with Crippen molar-refractivity contribution < 1.29 is 14.4 Å². The van der Waals surface area contributed by atoms with Crippen molar-refractivity contribution in [1.29, 1.82) is 0 Å². The molecule has 1 atom stereocenters. The predicted octanol–water partition coefficient (Wildman–Crippen LogP) is 4.85. The monoisotopic (exact) mass is 429 g/mol. The molecule has 0 aromatic heterocycles. The van der Waals surface area contributed by atoms with Crippen LogP contribution >= 0.6 is 11.6 Å². The Hall–Kier alpha value is -2.73. The van der Waals surface area contributed by atoms with Gasteiger partial charge >= 0.3 is 6.03 Å². The maximum atomic E-state index is 13.0. The number of amides is 2. The van der Waals surface area contributed by atoms with E-state index in [-0.39, 0.29) is 17.7 Å². The smallest absolute Gasteiger partial charge is 0.318 e. The van der Waals surface area contributed by atoms with E-state index in [2.05, 4.69) is 10.5 Å². The SMILES string of the molecule is COc1cccc(CN(CC2CC(c3ccccc3Cl)=NO2)C(=O)NC(C)(C)C)c1. The first-order valence-electron chi connectivity index (χ1n) is 9.93. The van der Waals surface area contributed by atoms with Crippen molar-refractivity contribution in [2.24, 2.45) is 5.16 Å². The minimum Gasteiger partial charge on any atom is -0.497 e. The summed E-state index contributed by atoms with van der Waals surface area (Å²) in [5.74, 6) is 0.755. The number of halogens is 1. The Morgan fingerprint density at radius 1 is 1.27 bits per heavy atom. The van der Waals surface area contributed by atoms with E-state index in [4.69, 9.17) is 21.2 Å². The second kappa shape index (κ2) is 9.39. The zero-order chi connectivity index (χ0) is 21.7. The number of carbonyl (C=O) groups excluding carboxylic acids is 1. The molecule has 7 heteroatoms. The largest absolute Gasteiger partial charge is 0.497 e. The third-order valence-electron chi connectivity index (χ3n) is 4.62. The van der Waals surface area contributed by atoms with E-state index < -0.39 is 0 Å². The van der Waals surface area contributed by atoms with E-state index in [1.54, 1.807) is 12.0 Å². The highest BCUT2D eigenvalue weighted by Crippen LogP contribution is 2.24. The van der Waals surface area contributed by atoms with Crippen LogP contribution in [-0.2, 0) is 11.4 Å². The van der Waals surface area contributed by atoms with Crippen LogP contribution in [0.4, 0.5) is 4.79 Å². The van der Waals surface area contributed by atoms with E-state index in [1.165, 1.54) is 0 Å². The predicted molar refractivity (Wildman–Crippen MR) is 119 cm³/mol. The van der Waals surface area contributed by atoms with Crippen molar-refractivity contribution in [2.75, 3.05) is 13.7 Å². The van der Waals surface area contributed by atoms with Crippen LogP contribution in [0, 0.1) is 0 Å². The van der Waals surface area contributed by atoms with Gasteiger partial charge in [-0.2, -0.15) is 0 Å². The van der Waals surface area contributed by atoms with Crippen molar-refractivity contribution in [3.05, 3.63) is 64.7 Å². The van der Waals surface area contributed by atoms with Gasteiger partial charge in [-0.1, -0.05) is 47.1 Å². The Morgan fingerprint density at radius 3 is 2.73 bits per heavy atom. The zero-order valence-electron chi connectivity index (χ0n) is 17.8. The van der Waals surface area contributed by atoms with E-state index >= 15 is 0 Å². The number of nitrogens with one attached hydrogen (secondary N) is 1. The van der Waals surface area contributed by atoms with E-state index in [1.807, 2.05) is 69.3 Å². The van der Waals surface area contributed by atoms with Crippen molar-refractivity contribution in [1.82, 2.24) is 10.2 Å². The topological polar surface area (TPSA) is 63.2 Å². The van der Waals surface area contributed by atoms with Gasteiger partial charge < -0.3 is 19.8 Å². The van der Waals surface area contributed by atoms with Gasteiger partial charge in [0.2, 0.25) is 0 Å².